The van der Waals surface area contributed by atoms with Gasteiger partial charge in [-0.2, -0.15) is 0 Å². The molecule has 0 unspecified atom stereocenters. The predicted octanol–water partition coefficient (Wildman–Crippen LogP) is 5.08. The second kappa shape index (κ2) is 7.96. The summed E-state index contributed by atoms with van der Waals surface area (Å²) in [6.45, 7) is 0. The first-order chi connectivity index (χ1) is 7.77. The lowest BCUT2D eigenvalue weighted by molar-refractivity contribution is 0.0696. The van der Waals surface area contributed by atoms with Crippen molar-refractivity contribution >= 4 is 5.97 Å². The topological polar surface area (TPSA) is 50.4 Å². The molecule has 0 saturated heterocycles. The molecule has 0 spiro atoms. The molecule has 1 N–H and O–H groups in total. The Morgan fingerprint density at radius 1 is 1.11 bits per heavy atom. The van der Waals surface area contributed by atoms with Crippen LogP contribution in [0.1, 0.15) is 81.8 Å². The van der Waals surface area contributed by atoms with Gasteiger partial charge in [-0.1, -0.05) is 47.0 Å². The van der Waals surface area contributed by atoms with Crippen LogP contribution < -0.4 is 0 Å². The SMILES string of the molecule is C.C.O=C(O)c1coc(C2CCCCCCC2)c1. The van der Waals surface area contributed by atoms with E-state index in [0.29, 0.717) is 5.92 Å². The van der Waals surface area contributed by atoms with Crippen LogP contribution in [-0.4, -0.2) is 11.1 Å². The number of carboxylic acid groups (broad SMARTS) is 1. The van der Waals surface area contributed by atoms with Gasteiger partial charge in [-0.15, -0.1) is 0 Å². The maximum Gasteiger partial charge on any atom is 0.338 e. The minimum absolute atomic E-state index is 0. The zero-order chi connectivity index (χ0) is 11.4. The van der Waals surface area contributed by atoms with Crippen molar-refractivity contribution in [2.24, 2.45) is 0 Å². The molecule has 1 heterocycles. The van der Waals surface area contributed by atoms with Gasteiger partial charge in [-0.3, -0.25) is 0 Å². The van der Waals surface area contributed by atoms with Crippen LogP contribution in [0, 0.1) is 0 Å². The molecule has 2 rings (SSSR count). The Balaban J connectivity index is 0.00000144. The van der Waals surface area contributed by atoms with Gasteiger partial charge in [0.2, 0.25) is 0 Å². The van der Waals surface area contributed by atoms with Gasteiger partial charge in [-0.25, -0.2) is 4.79 Å². The Bertz CT molecular complexity index is 346. The lowest BCUT2D eigenvalue weighted by atomic mass is 9.89. The molecule has 1 aliphatic rings. The summed E-state index contributed by atoms with van der Waals surface area (Å²) in [4.78, 5) is 10.8. The molecule has 104 valence electrons. The first-order valence-electron chi connectivity index (χ1n) is 6.09. The van der Waals surface area contributed by atoms with Gasteiger partial charge in [-0.05, 0) is 18.9 Å². The van der Waals surface area contributed by atoms with Crippen molar-refractivity contribution in [2.75, 3.05) is 0 Å². The van der Waals surface area contributed by atoms with Gasteiger partial charge >= 0.3 is 5.97 Å². The van der Waals surface area contributed by atoms with Gasteiger partial charge in [0.05, 0.1) is 5.56 Å². The lowest BCUT2D eigenvalue weighted by Crippen LogP contribution is -2.01. The maximum atomic E-state index is 10.8. The first kappa shape index (κ1) is 16.8. The summed E-state index contributed by atoms with van der Waals surface area (Å²) in [5, 5.41) is 8.84. The number of rotatable bonds is 2. The van der Waals surface area contributed by atoms with Gasteiger partial charge in [0.15, 0.2) is 0 Å². The Hall–Kier alpha value is -1.25. The Kier molecular flexibility index (Phi) is 7.41. The molecule has 0 aliphatic heterocycles. The number of aromatic carboxylic acids is 1. The van der Waals surface area contributed by atoms with Gasteiger partial charge in [0, 0.05) is 5.92 Å². The van der Waals surface area contributed by atoms with E-state index < -0.39 is 5.97 Å². The third-order valence-corrected chi connectivity index (χ3v) is 3.37. The monoisotopic (exact) mass is 254 g/mol. The Morgan fingerprint density at radius 2 is 1.67 bits per heavy atom. The van der Waals surface area contributed by atoms with E-state index in [4.69, 9.17) is 9.52 Å². The minimum Gasteiger partial charge on any atom is -0.478 e. The Labute approximate surface area is 110 Å². The van der Waals surface area contributed by atoms with Crippen molar-refractivity contribution in [3.8, 4) is 0 Å². The summed E-state index contributed by atoms with van der Waals surface area (Å²) in [5.41, 5.74) is 0.275. The molecule has 3 heteroatoms. The van der Waals surface area contributed by atoms with Crippen LogP contribution in [0.2, 0.25) is 0 Å². The summed E-state index contributed by atoms with van der Waals surface area (Å²) in [6.07, 6.45) is 10.0. The van der Waals surface area contributed by atoms with E-state index in [0.717, 1.165) is 18.6 Å². The molecule has 0 aromatic carbocycles. The average molecular weight is 254 g/mol. The van der Waals surface area contributed by atoms with Crippen molar-refractivity contribution in [2.45, 2.75) is 65.7 Å². The summed E-state index contributed by atoms with van der Waals surface area (Å²) in [7, 11) is 0. The Morgan fingerprint density at radius 3 is 2.17 bits per heavy atom. The molecule has 18 heavy (non-hydrogen) atoms. The summed E-state index contributed by atoms with van der Waals surface area (Å²) in [6, 6.07) is 1.69. The van der Waals surface area contributed by atoms with Crippen molar-refractivity contribution in [1.29, 1.82) is 0 Å². The van der Waals surface area contributed by atoms with E-state index in [1.807, 2.05) is 0 Å². The minimum atomic E-state index is -0.902. The number of carboxylic acids is 1. The van der Waals surface area contributed by atoms with Crippen LogP contribution in [0.25, 0.3) is 0 Å². The molecule has 1 fully saturated rings. The smallest absolute Gasteiger partial charge is 0.338 e. The molecule has 0 bridgehead atoms. The van der Waals surface area contributed by atoms with E-state index in [1.165, 1.54) is 38.4 Å². The van der Waals surface area contributed by atoms with Crippen molar-refractivity contribution in [3.63, 3.8) is 0 Å². The second-order valence-electron chi connectivity index (χ2n) is 4.58. The van der Waals surface area contributed by atoms with Gasteiger partial charge in [0.25, 0.3) is 0 Å². The van der Waals surface area contributed by atoms with E-state index in [1.54, 1.807) is 6.07 Å². The second-order valence-corrected chi connectivity index (χ2v) is 4.58. The predicted molar refractivity (Wildman–Crippen MR) is 74.2 cm³/mol. The molecule has 1 aromatic rings. The van der Waals surface area contributed by atoms with Crippen LogP contribution in [0.15, 0.2) is 16.7 Å². The molecule has 1 aliphatic carbocycles. The van der Waals surface area contributed by atoms with Crippen LogP contribution in [0.3, 0.4) is 0 Å². The highest BCUT2D eigenvalue weighted by atomic mass is 16.4. The van der Waals surface area contributed by atoms with Crippen LogP contribution in [0.5, 0.6) is 0 Å². The summed E-state index contributed by atoms with van der Waals surface area (Å²) in [5.74, 6) is 0.383. The van der Waals surface area contributed by atoms with E-state index in [-0.39, 0.29) is 20.4 Å². The zero-order valence-electron chi connectivity index (χ0n) is 9.45. The average Bonchev–Trinajstić information content (AvgIpc) is 2.66. The lowest BCUT2D eigenvalue weighted by Gasteiger charge is -2.17. The summed E-state index contributed by atoms with van der Waals surface area (Å²) >= 11 is 0. The molecule has 0 atom stereocenters. The first-order valence-corrected chi connectivity index (χ1v) is 6.09. The van der Waals surface area contributed by atoms with Crippen LogP contribution in [0.4, 0.5) is 0 Å². The molecule has 3 nitrogen and oxygen atoms in total. The molecule has 1 saturated carbocycles. The highest BCUT2D eigenvalue weighted by Gasteiger charge is 2.18. The standard InChI is InChI=1S/C13H18O3.2CH4/c14-13(15)11-8-12(16-9-11)10-6-4-2-1-3-5-7-10;;/h8-10H,1-7H2,(H,14,15);2*1H4. The van der Waals surface area contributed by atoms with E-state index >= 15 is 0 Å². The van der Waals surface area contributed by atoms with Crippen LogP contribution in [-0.2, 0) is 0 Å². The molecular weight excluding hydrogens is 228 g/mol. The number of furan rings is 1. The normalized spacial score (nSPS) is 16.9. The number of hydrogen-bond donors (Lipinski definition) is 1. The van der Waals surface area contributed by atoms with Crippen molar-refractivity contribution < 1.29 is 14.3 Å². The van der Waals surface area contributed by atoms with Gasteiger partial charge in [0.1, 0.15) is 12.0 Å². The highest BCUT2D eigenvalue weighted by molar-refractivity contribution is 5.87. The molecule has 1 aromatic heterocycles. The number of carbonyl (C=O) groups is 1. The van der Waals surface area contributed by atoms with Crippen LogP contribution >= 0.6 is 0 Å². The highest BCUT2D eigenvalue weighted by Crippen LogP contribution is 2.31. The quantitative estimate of drug-likeness (QED) is 0.800. The van der Waals surface area contributed by atoms with Crippen molar-refractivity contribution in [1.82, 2.24) is 0 Å². The maximum absolute atomic E-state index is 10.8. The number of hydrogen-bond acceptors (Lipinski definition) is 2. The third kappa shape index (κ3) is 4.21. The molecule has 0 amide bonds. The third-order valence-electron chi connectivity index (χ3n) is 3.37. The largest absolute Gasteiger partial charge is 0.478 e. The van der Waals surface area contributed by atoms with Gasteiger partial charge < -0.3 is 9.52 Å². The molecule has 0 radical (unpaired) electrons. The molecular formula is C15H26O3. The van der Waals surface area contributed by atoms with E-state index in [9.17, 15) is 4.79 Å². The van der Waals surface area contributed by atoms with E-state index in [2.05, 4.69) is 0 Å². The zero-order valence-corrected chi connectivity index (χ0v) is 9.45. The fourth-order valence-corrected chi connectivity index (χ4v) is 2.42. The fourth-order valence-electron chi connectivity index (χ4n) is 2.42. The van der Waals surface area contributed by atoms with Crippen molar-refractivity contribution in [3.05, 3.63) is 23.7 Å². The fraction of sp³-hybridized carbons (Fsp3) is 0.667. The summed E-state index contributed by atoms with van der Waals surface area (Å²) < 4.78 is 5.38.